The molecule has 1 aromatic carbocycles. The first-order chi connectivity index (χ1) is 9.74. The molecule has 0 saturated carbocycles. The number of hydrogen-bond acceptors (Lipinski definition) is 4. The average molecular weight is 282 g/mol. The van der Waals surface area contributed by atoms with Crippen molar-refractivity contribution in [1.29, 1.82) is 0 Å². The molecule has 0 aliphatic carbocycles. The second-order valence-corrected chi connectivity index (χ2v) is 4.34. The van der Waals surface area contributed by atoms with Gasteiger partial charge < -0.3 is 19.3 Å². The molecule has 0 heterocycles. The maximum Gasteiger partial charge on any atom is 0.303 e. The van der Waals surface area contributed by atoms with E-state index in [9.17, 15) is 4.79 Å². The van der Waals surface area contributed by atoms with Gasteiger partial charge in [0.2, 0.25) is 0 Å². The van der Waals surface area contributed by atoms with Crippen molar-refractivity contribution < 1.29 is 24.1 Å². The van der Waals surface area contributed by atoms with E-state index in [0.29, 0.717) is 44.2 Å². The Morgan fingerprint density at radius 2 is 1.60 bits per heavy atom. The molecule has 0 aliphatic rings. The number of carbonyl (C=O) groups is 1. The lowest BCUT2D eigenvalue weighted by Gasteiger charge is -2.12. The molecule has 0 atom stereocenters. The van der Waals surface area contributed by atoms with Gasteiger partial charge in [0.25, 0.3) is 0 Å². The predicted molar refractivity (Wildman–Crippen MR) is 75.4 cm³/mol. The summed E-state index contributed by atoms with van der Waals surface area (Å²) in [6.07, 6.45) is 2.33. The van der Waals surface area contributed by atoms with Crippen LogP contribution < -0.4 is 9.47 Å². The molecule has 0 bridgehead atoms. The molecule has 0 saturated heterocycles. The van der Waals surface area contributed by atoms with Crippen molar-refractivity contribution in [1.82, 2.24) is 0 Å². The Labute approximate surface area is 119 Å². The van der Waals surface area contributed by atoms with E-state index in [0.717, 1.165) is 6.42 Å². The van der Waals surface area contributed by atoms with E-state index in [-0.39, 0.29) is 6.42 Å². The predicted octanol–water partition coefficient (Wildman–Crippen LogP) is 2.74. The molecule has 0 aromatic heterocycles. The Bertz CT molecular complexity index is 392. The summed E-state index contributed by atoms with van der Waals surface area (Å²) in [7, 11) is 1.66. The minimum atomic E-state index is -0.771. The number of benzene rings is 1. The summed E-state index contributed by atoms with van der Waals surface area (Å²) in [5.74, 6) is 0.633. The van der Waals surface area contributed by atoms with Crippen molar-refractivity contribution in [3.05, 3.63) is 24.3 Å². The first-order valence-electron chi connectivity index (χ1n) is 6.79. The van der Waals surface area contributed by atoms with Crippen LogP contribution in [0.2, 0.25) is 0 Å². The number of aliphatic carboxylic acids is 1. The molecular weight excluding hydrogens is 260 g/mol. The molecule has 0 radical (unpaired) electrons. The number of para-hydroxylation sites is 2. The van der Waals surface area contributed by atoms with Crippen molar-refractivity contribution in [2.75, 3.05) is 26.9 Å². The van der Waals surface area contributed by atoms with Crippen molar-refractivity contribution in [3.8, 4) is 11.5 Å². The summed E-state index contributed by atoms with van der Waals surface area (Å²) >= 11 is 0. The largest absolute Gasteiger partial charge is 0.490 e. The summed E-state index contributed by atoms with van der Waals surface area (Å²) in [6.45, 7) is 1.73. The van der Waals surface area contributed by atoms with Crippen molar-refractivity contribution in [3.63, 3.8) is 0 Å². The third-order valence-electron chi connectivity index (χ3n) is 2.64. The number of rotatable bonds is 11. The topological polar surface area (TPSA) is 65.0 Å². The van der Waals surface area contributed by atoms with E-state index in [1.165, 1.54) is 0 Å². The fourth-order valence-electron chi connectivity index (χ4n) is 1.63. The normalized spacial score (nSPS) is 10.2. The molecule has 0 unspecified atom stereocenters. The first-order valence-corrected chi connectivity index (χ1v) is 6.79. The van der Waals surface area contributed by atoms with Crippen LogP contribution in [0.15, 0.2) is 24.3 Å². The summed E-state index contributed by atoms with van der Waals surface area (Å²) in [6, 6.07) is 7.49. The zero-order valence-corrected chi connectivity index (χ0v) is 11.8. The van der Waals surface area contributed by atoms with E-state index < -0.39 is 5.97 Å². The molecule has 20 heavy (non-hydrogen) atoms. The van der Waals surface area contributed by atoms with Gasteiger partial charge in [-0.2, -0.15) is 0 Å². The Hall–Kier alpha value is -1.75. The Balaban J connectivity index is 2.31. The Kier molecular flexibility index (Phi) is 8.22. The average Bonchev–Trinajstić information content (AvgIpc) is 2.44. The van der Waals surface area contributed by atoms with Crippen LogP contribution >= 0.6 is 0 Å². The maximum atomic E-state index is 10.4. The highest BCUT2D eigenvalue weighted by Crippen LogP contribution is 2.26. The number of methoxy groups -OCH3 is 1. The number of carboxylic acids is 1. The molecule has 5 nitrogen and oxygen atoms in total. The Morgan fingerprint density at radius 1 is 1.00 bits per heavy atom. The van der Waals surface area contributed by atoms with Crippen molar-refractivity contribution in [2.24, 2.45) is 0 Å². The second-order valence-electron chi connectivity index (χ2n) is 4.34. The molecule has 0 fully saturated rings. The fourth-order valence-corrected chi connectivity index (χ4v) is 1.63. The zero-order valence-electron chi connectivity index (χ0n) is 11.8. The lowest BCUT2D eigenvalue weighted by Crippen LogP contribution is -2.04. The molecular formula is C15H22O5. The standard InChI is InChI=1S/C15H22O5/c1-18-10-6-12-20-14-8-3-2-7-13(14)19-11-5-4-9-15(16)17/h2-3,7-8H,4-6,9-12H2,1H3,(H,16,17). The third kappa shape index (κ3) is 6.99. The lowest BCUT2D eigenvalue weighted by molar-refractivity contribution is -0.137. The van der Waals surface area contributed by atoms with Crippen LogP contribution in [0.1, 0.15) is 25.7 Å². The molecule has 0 amide bonds. The molecule has 112 valence electrons. The van der Waals surface area contributed by atoms with Gasteiger partial charge in [-0.3, -0.25) is 4.79 Å². The number of ether oxygens (including phenoxy) is 3. The zero-order chi connectivity index (χ0) is 14.6. The van der Waals surface area contributed by atoms with Crippen LogP contribution in [0.3, 0.4) is 0 Å². The highest BCUT2D eigenvalue weighted by Gasteiger charge is 2.04. The van der Waals surface area contributed by atoms with E-state index in [4.69, 9.17) is 19.3 Å². The van der Waals surface area contributed by atoms with Crippen molar-refractivity contribution >= 4 is 5.97 Å². The fraction of sp³-hybridized carbons (Fsp3) is 0.533. The van der Waals surface area contributed by atoms with Gasteiger partial charge >= 0.3 is 5.97 Å². The van der Waals surface area contributed by atoms with Gasteiger partial charge in [0, 0.05) is 26.6 Å². The van der Waals surface area contributed by atoms with Gasteiger partial charge in [-0.25, -0.2) is 0 Å². The summed E-state index contributed by atoms with van der Waals surface area (Å²) < 4.78 is 16.2. The summed E-state index contributed by atoms with van der Waals surface area (Å²) in [5, 5.41) is 8.54. The lowest BCUT2D eigenvalue weighted by atomic mass is 10.2. The number of unbranched alkanes of at least 4 members (excludes halogenated alkanes) is 1. The van der Waals surface area contributed by atoms with Crippen LogP contribution in [0.5, 0.6) is 11.5 Å². The van der Waals surface area contributed by atoms with E-state index in [2.05, 4.69) is 0 Å². The van der Waals surface area contributed by atoms with Gasteiger partial charge in [0.15, 0.2) is 11.5 Å². The minimum absolute atomic E-state index is 0.179. The summed E-state index contributed by atoms with van der Waals surface area (Å²) in [5.41, 5.74) is 0. The van der Waals surface area contributed by atoms with Gasteiger partial charge in [0.1, 0.15) is 0 Å². The van der Waals surface area contributed by atoms with Gasteiger partial charge in [-0.1, -0.05) is 12.1 Å². The molecule has 0 aliphatic heterocycles. The van der Waals surface area contributed by atoms with E-state index >= 15 is 0 Å². The smallest absolute Gasteiger partial charge is 0.303 e. The first kappa shape index (κ1) is 16.3. The molecule has 0 spiro atoms. The minimum Gasteiger partial charge on any atom is -0.490 e. The van der Waals surface area contributed by atoms with E-state index in [1.807, 2.05) is 24.3 Å². The van der Waals surface area contributed by atoms with Crippen LogP contribution in [-0.4, -0.2) is 38.0 Å². The monoisotopic (exact) mass is 282 g/mol. The van der Waals surface area contributed by atoms with Crippen LogP contribution in [0.25, 0.3) is 0 Å². The van der Waals surface area contributed by atoms with Gasteiger partial charge in [-0.15, -0.1) is 0 Å². The van der Waals surface area contributed by atoms with Crippen LogP contribution in [0, 0.1) is 0 Å². The van der Waals surface area contributed by atoms with Crippen molar-refractivity contribution in [2.45, 2.75) is 25.7 Å². The highest BCUT2D eigenvalue weighted by atomic mass is 16.5. The van der Waals surface area contributed by atoms with Gasteiger partial charge in [0.05, 0.1) is 13.2 Å². The van der Waals surface area contributed by atoms with E-state index in [1.54, 1.807) is 7.11 Å². The number of carboxylic acid groups (broad SMARTS) is 1. The molecule has 1 N–H and O–H groups in total. The van der Waals surface area contributed by atoms with Crippen LogP contribution in [0.4, 0.5) is 0 Å². The highest BCUT2D eigenvalue weighted by molar-refractivity contribution is 5.66. The maximum absolute atomic E-state index is 10.4. The Morgan fingerprint density at radius 3 is 2.15 bits per heavy atom. The molecule has 1 aromatic rings. The quantitative estimate of drug-likeness (QED) is 0.632. The second kappa shape index (κ2) is 10.1. The van der Waals surface area contributed by atoms with Gasteiger partial charge in [-0.05, 0) is 25.0 Å². The third-order valence-corrected chi connectivity index (χ3v) is 2.64. The number of hydrogen-bond donors (Lipinski definition) is 1. The SMILES string of the molecule is COCCCOc1ccccc1OCCCCC(=O)O. The van der Waals surface area contributed by atoms with Crippen LogP contribution in [-0.2, 0) is 9.53 Å². The molecule has 1 rings (SSSR count). The summed E-state index contributed by atoms with van der Waals surface area (Å²) in [4.78, 5) is 10.4. The molecule has 5 heteroatoms.